The third-order valence-corrected chi connectivity index (χ3v) is 4.54. The number of carboxylic acids is 1. The fourth-order valence-electron chi connectivity index (χ4n) is 1.77. The summed E-state index contributed by atoms with van der Waals surface area (Å²) in [6.45, 7) is 7.47. The first-order valence-electron chi connectivity index (χ1n) is 7.99. The number of aryl methyl sites for hydroxylation is 2. The molecular formula is C17H28N2O5S. The molecule has 1 rings (SSSR count). The maximum Gasteiger partial charge on any atom is 0.325 e. The normalized spacial score (nSPS) is 12.4. The molecule has 8 heteroatoms. The number of nitrogens with one attached hydrogen (secondary N) is 1. The van der Waals surface area contributed by atoms with E-state index in [0.29, 0.717) is 11.5 Å². The predicted octanol–water partition coefficient (Wildman–Crippen LogP) is 1.45. The van der Waals surface area contributed by atoms with Gasteiger partial charge in [0.25, 0.3) is 0 Å². The summed E-state index contributed by atoms with van der Waals surface area (Å²) in [6.07, 6.45) is 0. The van der Waals surface area contributed by atoms with Crippen molar-refractivity contribution in [1.82, 2.24) is 0 Å². The highest BCUT2D eigenvalue weighted by Gasteiger charge is 2.12. The highest BCUT2D eigenvalue weighted by molar-refractivity contribution is 7.84. The van der Waals surface area contributed by atoms with E-state index in [4.69, 9.17) is 10.8 Å². The van der Waals surface area contributed by atoms with E-state index in [1.54, 1.807) is 6.92 Å². The second kappa shape index (κ2) is 12.4. The van der Waals surface area contributed by atoms with Crippen LogP contribution < -0.4 is 11.1 Å². The van der Waals surface area contributed by atoms with E-state index in [2.05, 4.69) is 10.1 Å². The Morgan fingerprint density at radius 2 is 1.88 bits per heavy atom. The van der Waals surface area contributed by atoms with Gasteiger partial charge in [0.15, 0.2) is 0 Å². The number of carbonyl (C=O) groups excluding carboxylic acids is 1. The highest BCUT2D eigenvalue weighted by Crippen LogP contribution is 2.20. The average molecular weight is 372 g/mol. The van der Waals surface area contributed by atoms with E-state index in [1.807, 2.05) is 39.0 Å². The minimum Gasteiger partial charge on any atom is -0.480 e. The van der Waals surface area contributed by atoms with Crippen LogP contribution in [0.3, 0.4) is 0 Å². The van der Waals surface area contributed by atoms with Crippen LogP contribution in [0.25, 0.3) is 0 Å². The van der Waals surface area contributed by atoms with Crippen LogP contribution in [0.2, 0.25) is 0 Å². The van der Waals surface area contributed by atoms with E-state index in [1.165, 1.54) is 0 Å². The van der Waals surface area contributed by atoms with Gasteiger partial charge in [-0.3, -0.25) is 13.8 Å². The topological polar surface area (TPSA) is 119 Å². The summed E-state index contributed by atoms with van der Waals surface area (Å²) in [6, 6.07) is 5.32. The number of rotatable bonds is 8. The van der Waals surface area contributed by atoms with Gasteiger partial charge in [0.05, 0.1) is 12.3 Å². The molecule has 1 unspecified atom stereocenters. The van der Waals surface area contributed by atoms with Crippen LogP contribution in [-0.2, 0) is 25.1 Å². The molecule has 0 aromatic heterocycles. The molecule has 7 nitrogen and oxygen atoms in total. The highest BCUT2D eigenvalue weighted by atomic mass is 32.2. The largest absolute Gasteiger partial charge is 0.480 e. The number of ether oxygens (including phenoxy) is 1. The Hall–Kier alpha value is -1.93. The number of esters is 1. The lowest BCUT2D eigenvalue weighted by atomic mass is 10.1. The first-order chi connectivity index (χ1) is 11.7. The van der Waals surface area contributed by atoms with Crippen LogP contribution in [0.5, 0.6) is 0 Å². The Labute approximate surface area is 151 Å². The summed E-state index contributed by atoms with van der Waals surface area (Å²) in [5, 5.41) is 11.7. The van der Waals surface area contributed by atoms with Gasteiger partial charge in [-0.2, -0.15) is 0 Å². The Bertz CT molecular complexity index is 556. The Morgan fingerprint density at radius 3 is 2.32 bits per heavy atom. The van der Waals surface area contributed by atoms with Gasteiger partial charge >= 0.3 is 11.9 Å². The second-order valence-electron chi connectivity index (χ2n) is 5.33. The minimum absolute atomic E-state index is 0.112. The fourth-order valence-corrected chi connectivity index (χ4v) is 2.33. The molecule has 0 radical (unpaired) electrons. The van der Waals surface area contributed by atoms with Crippen molar-refractivity contribution in [3.05, 3.63) is 29.3 Å². The fraction of sp³-hybridized carbons (Fsp3) is 0.529. The maximum atomic E-state index is 10.8. The van der Waals surface area contributed by atoms with Crippen LogP contribution >= 0.6 is 0 Å². The van der Waals surface area contributed by atoms with Gasteiger partial charge in [0.1, 0.15) is 12.6 Å². The summed E-state index contributed by atoms with van der Waals surface area (Å²) in [4.78, 5) is 21.1. The van der Waals surface area contributed by atoms with Gasteiger partial charge in [-0.05, 0) is 31.9 Å². The van der Waals surface area contributed by atoms with E-state index in [9.17, 15) is 13.8 Å². The average Bonchev–Trinajstić information content (AvgIpc) is 2.58. The van der Waals surface area contributed by atoms with E-state index in [0.717, 1.165) is 16.8 Å². The zero-order valence-corrected chi connectivity index (χ0v) is 16.0. The molecule has 142 valence electrons. The van der Waals surface area contributed by atoms with Crippen LogP contribution in [-0.4, -0.2) is 52.0 Å². The smallest absolute Gasteiger partial charge is 0.325 e. The van der Waals surface area contributed by atoms with Crippen molar-refractivity contribution in [2.45, 2.75) is 33.7 Å². The summed E-state index contributed by atoms with van der Waals surface area (Å²) < 4.78 is 15.4. The van der Waals surface area contributed by atoms with Gasteiger partial charge in [-0.1, -0.05) is 25.1 Å². The summed E-state index contributed by atoms with van der Waals surface area (Å²) in [5.41, 5.74) is 8.03. The molecule has 1 aromatic rings. The van der Waals surface area contributed by atoms with Crippen LogP contribution in [0.1, 0.15) is 25.0 Å². The van der Waals surface area contributed by atoms with Crippen LogP contribution in [0.4, 0.5) is 5.69 Å². The molecule has 0 fully saturated rings. The number of nitrogens with two attached hydrogens (primary N) is 1. The van der Waals surface area contributed by atoms with E-state index in [-0.39, 0.29) is 13.2 Å². The minimum atomic E-state index is -0.863. The molecule has 0 spiro atoms. The number of aliphatic carboxylic acids is 1. The van der Waals surface area contributed by atoms with Gasteiger partial charge in [-0.15, -0.1) is 0 Å². The third kappa shape index (κ3) is 9.83. The molecule has 25 heavy (non-hydrogen) atoms. The lowest BCUT2D eigenvalue weighted by Gasteiger charge is -2.15. The number of hydrogen-bond donors (Lipinski definition) is 3. The molecule has 0 aliphatic carbocycles. The quantitative estimate of drug-likeness (QED) is 0.591. The maximum absolute atomic E-state index is 10.8. The van der Waals surface area contributed by atoms with Gasteiger partial charge in [0, 0.05) is 22.2 Å². The van der Waals surface area contributed by atoms with Crippen molar-refractivity contribution >= 4 is 28.4 Å². The first-order valence-corrected chi connectivity index (χ1v) is 9.47. The first kappa shape index (κ1) is 23.1. The van der Waals surface area contributed by atoms with E-state index >= 15 is 0 Å². The lowest BCUT2D eigenvalue weighted by molar-refractivity contribution is -0.141. The molecule has 1 aromatic carbocycles. The molecule has 0 aliphatic rings. The number of carbonyl (C=O) groups is 2. The van der Waals surface area contributed by atoms with Crippen molar-refractivity contribution in [2.24, 2.45) is 5.73 Å². The summed E-state index contributed by atoms with van der Waals surface area (Å²) in [5.74, 6) is -0.284. The number of para-hydroxylation sites is 1. The zero-order valence-electron chi connectivity index (χ0n) is 15.2. The third-order valence-electron chi connectivity index (χ3n) is 3.28. The number of benzene rings is 1. The second-order valence-corrected chi connectivity index (χ2v) is 7.19. The number of hydrogen-bond acceptors (Lipinski definition) is 6. The van der Waals surface area contributed by atoms with Crippen molar-refractivity contribution in [3.63, 3.8) is 0 Å². The lowest BCUT2D eigenvalue weighted by Crippen LogP contribution is -2.26. The Kier molecular flexibility index (Phi) is 11.5. The van der Waals surface area contributed by atoms with Crippen LogP contribution in [0.15, 0.2) is 18.2 Å². The van der Waals surface area contributed by atoms with Gasteiger partial charge in [-0.25, -0.2) is 0 Å². The van der Waals surface area contributed by atoms with Crippen LogP contribution in [0, 0.1) is 13.8 Å². The number of anilines is 1. The molecule has 2 atom stereocenters. The predicted molar refractivity (Wildman–Crippen MR) is 100 cm³/mol. The van der Waals surface area contributed by atoms with E-state index < -0.39 is 28.8 Å². The zero-order chi connectivity index (χ0) is 19.4. The number of carboxylic acid groups (broad SMARTS) is 1. The molecule has 0 bridgehead atoms. The standard InChI is InChI=1S/C11H15NO2.C6H13NO3S/c1-7-5-4-6-8(2)10(7)12-9(3)11(13)14;1-2-11(9)4-3-10-6(8)5-7/h4-6,9,12H,1-3H3,(H,13,14);2-5,7H2,1H3/t9-;/m0./s1. The van der Waals surface area contributed by atoms with Crippen molar-refractivity contribution < 1.29 is 23.6 Å². The van der Waals surface area contributed by atoms with Gasteiger partial charge in [0.2, 0.25) is 0 Å². The molecule has 0 saturated carbocycles. The Balaban J connectivity index is 0.000000477. The van der Waals surface area contributed by atoms with Gasteiger partial charge < -0.3 is 20.9 Å². The Morgan fingerprint density at radius 1 is 1.32 bits per heavy atom. The molecule has 0 aliphatic heterocycles. The molecular weight excluding hydrogens is 344 g/mol. The summed E-state index contributed by atoms with van der Waals surface area (Å²) >= 11 is 0. The monoisotopic (exact) mass is 372 g/mol. The van der Waals surface area contributed by atoms with Crippen molar-refractivity contribution in [3.8, 4) is 0 Å². The molecule has 4 N–H and O–H groups in total. The van der Waals surface area contributed by atoms with Crippen molar-refractivity contribution in [1.29, 1.82) is 0 Å². The molecule has 0 amide bonds. The molecule has 0 heterocycles. The summed E-state index contributed by atoms with van der Waals surface area (Å²) in [7, 11) is -0.863. The van der Waals surface area contributed by atoms with Crippen molar-refractivity contribution in [2.75, 3.05) is 30.0 Å². The molecule has 0 saturated heterocycles. The SMILES string of the molecule is CCS(=O)CCOC(=O)CN.Cc1cccc(C)c1N[C@@H](C)C(=O)O.